The first-order valence-corrected chi connectivity index (χ1v) is 15.4. The van der Waals surface area contributed by atoms with Gasteiger partial charge in [-0.3, -0.25) is 14.5 Å². The van der Waals surface area contributed by atoms with Gasteiger partial charge in [0.2, 0.25) is 5.91 Å². The van der Waals surface area contributed by atoms with Crippen molar-refractivity contribution < 1.29 is 9.59 Å². The van der Waals surface area contributed by atoms with Crippen molar-refractivity contribution in [3.05, 3.63) is 95.0 Å². The van der Waals surface area contributed by atoms with E-state index in [4.69, 9.17) is 4.99 Å². The van der Waals surface area contributed by atoms with Gasteiger partial charge in [0.1, 0.15) is 6.54 Å². The molecule has 2 amide bonds. The molecule has 1 aromatic heterocycles. The zero-order valence-corrected chi connectivity index (χ0v) is 24.9. The van der Waals surface area contributed by atoms with Crippen LogP contribution >= 0.6 is 11.8 Å². The van der Waals surface area contributed by atoms with Gasteiger partial charge in [-0.05, 0) is 93.4 Å². The van der Waals surface area contributed by atoms with Crippen molar-refractivity contribution >= 4 is 62.8 Å². The number of thioether (sulfide) groups is 1. The lowest BCUT2D eigenvalue weighted by molar-refractivity contribution is -0.122. The van der Waals surface area contributed by atoms with Crippen LogP contribution < -0.4 is 10.2 Å². The highest BCUT2D eigenvalue weighted by Gasteiger charge is 2.32. The number of likely N-dealkylation sites (N-methyl/N-ethyl adjacent to an activating group) is 1. The van der Waals surface area contributed by atoms with E-state index >= 15 is 0 Å². The Kier molecular flexibility index (Phi) is 8.15. The van der Waals surface area contributed by atoms with Gasteiger partial charge in [-0.25, -0.2) is 4.99 Å². The van der Waals surface area contributed by atoms with E-state index in [2.05, 4.69) is 22.3 Å². The maximum Gasteiger partial charge on any atom is 0.266 e. The number of para-hydroxylation sites is 1. The molecular weight excluding hydrogens is 542 g/mol. The first kappa shape index (κ1) is 27.8. The highest BCUT2D eigenvalue weighted by atomic mass is 32.2. The fourth-order valence-electron chi connectivity index (χ4n) is 5.53. The molecule has 0 unspecified atom stereocenters. The average Bonchev–Trinajstić information content (AvgIpc) is 3.50. The van der Waals surface area contributed by atoms with Crippen molar-refractivity contribution in [1.82, 2.24) is 9.47 Å². The Morgan fingerprint density at radius 2 is 1.71 bits per heavy atom. The topological polar surface area (TPSA) is 69.9 Å². The van der Waals surface area contributed by atoms with Crippen molar-refractivity contribution in [3.8, 4) is 0 Å². The summed E-state index contributed by atoms with van der Waals surface area (Å²) in [5, 5.41) is 4.65. The van der Waals surface area contributed by atoms with Crippen molar-refractivity contribution in [2.24, 2.45) is 4.99 Å². The summed E-state index contributed by atoms with van der Waals surface area (Å²) in [6, 6.07) is 24.0. The Balaban J connectivity index is 1.23. The van der Waals surface area contributed by atoms with Crippen LogP contribution in [0, 0.1) is 6.92 Å². The zero-order chi connectivity index (χ0) is 29.1. The van der Waals surface area contributed by atoms with Crippen LogP contribution in [-0.2, 0) is 16.1 Å². The second-order valence-corrected chi connectivity index (χ2v) is 11.8. The number of benzene rings is 3. The predicted molar refractivity (Wildman–Crippen MR) is 174 cm³/mol. The number of nitrogens with zero attached hydrogens (tertiary/aromatic N) is 4. The number of carbonyl (C=O) groups excluding carboxylic acids is 2. The highest BCUT2D eigenvalue weighted by molar-refractivity contribution is 8.18. The summed E-state index contributed by atoms with van der Waals surface area (Å²) in [5.41, 5.74) is 5.81. The molecule has 1 N–H and O–H groups in total. The molecule has 4 aromatic rings. The molecule has 7 nitrogen and oxygen atoms in total. The van der Waals surface area contributed by atoms with E-state index in [1.807, 2.05) is 91.4 Å². The molecule has 2 fully saturated rings. The third-order valence-corrected chi connectivity index (χ3v) is 8.76. The van der Waals surface area contributed by atoms with Crippen molar-refractivity contribution in [1.29, 1.82) is 0 Å². The van der Waals surface area contributed by atoms with Crippen LogP contribution in [-0.4, -0.2) is 46.1 Å². The number of anilines is 2. The number of aliphatic imine (C=N–C) groups is 1. The SMILES string of the molecule is CCN1C(=O)/C(=C/c2cn(CC(=O)Nc3ccc(C)cc3)c3ccccc23)SC1=Nc1ccc(N2CCCCC2)cc1. The molecule has 0 bridgehead atoms. The maximum absolute atomic E-state index is 13.4. The predicted octanol–water partition coefficient (Wildman–Crippen LogP) is 7.20. The molecule has 3 aromatic carbocycles. The summed E-state index contributed by atoms with van der Waals surface area (Å²) in [5.74, 6) is -0.164. The molecule has 3 heterocycles. The Bertz CT molecular complexity index is 1660. The van der Waals surface area contributed by atoms with E-state index in [1.165, 1.54) is 36.7 Å². The van der Waals surface area contributed by atoms with Gasteiger partial charge in [-0.2, -0.15) is 0 Å². The molecule has 0 atom stereocenters. The smallest absolute Gasteiger partial charge is 0.266 e. The number of aryl methyl sites for hydroxylation is 1. The van der Waals surface area contributed by atoms with E-state index in [9.17, 15) is 9.59 Å². The second-order valence-electron chi connectivity index (χ2n) is 10.8. The third kappa shape index (κ3) is 5.99. The number of amidine groups is 1. The first-order chi connectivity index (χ1) is 20.5. The minimum absolute atomic E-state index is 0.0554. The quantitative estimate of drug-likeness (QED) is 0.236. The number of fused-ring (bicyclic) bond motifs is 1. The largest absolute Gasteiger partial charge is 0.372 e. The molecule has 2 aliphatic heterocycles. The first-order valence-electron chi connectivity index (χ1n) is 14.6. The maximum atomic E-state index is 13.4. The van der Waals surface area contributed by atoms with Gasteiger partial charge in [0.25, 0.3) is 5.91 Å². The van der Waals surface area contributed by atoms with Crippen LogP contribution in [0.15, 0.2) is 88.9 Å². The van der Waals surface area contributed by atoms with E-state index in [-0.39, 0.29) is 18.4 Å². The van der Waals surface area contributed by atoms with Crippen LogP contribution in [0.3, 0.4) is 0 Å². The minimum Gasteiger partial charge on any atom is -0.372 e. The van der Waals surface area contributed by atoms with Crippen molar-refractivity contribution in [2.45, 2.75) is 39.7 Å². The molecule has 214 valence electrons. The highest BCUT2D eigenvalue weighted by Crippen LogP contribution is 2.36. The molecule has 2 aliphatic rings. The number of carbonyl (C=O) groups is 2. The molecule has 8 heteroatoms. The number of hydrogen-bond acceptors (Lipinski definition) is 5. The summed E-state index contributed by atoms with van der Waals surface area (Å²) in [4.78, 5) is 36.0. The molecule has 6 rings (SSSR count). The van der Waals surface area contributed by atoms with Crippen molar-refractivity contribution in [3.63, 3.8) is 0 Å². The Labute approximate surface area is 250 Å². The van der Waals surface area contributed by atoms with Gasteiger partial charge in [0, 0.05) is 53.7 Å². The summed E-state index contributed by atoms with van der Waals surface area (Å²) in [6.07, 6.45) is 7.66. The van der Waals surface area contributed by atoms with Gasteiger partial charge >= 0.3 is 0 Å². The lowest BCUT2D eigenvalue weighted by Crippen LogP contribution is -2.29. The fourth-order valence-corrected chi connectivity index (χ4v) is 6.58. The number of amides is 2. The number of hydrogen-bond donors (Lipinski definition) is 1. The van der Waals surface area contributed by atoms with E-state index in [1.54, 1.807) is 4.90 Å². The molecule has 42 heavy (non-hydrogen) atoms. The minimum atomic E-state index is -0.108. The Hall–Kier alpha value is -4.30. The van der Waals surface area contributed by atoms with Gasteiger partial charge < -0.3 is 14.8 Å². The zero-order valence-electron chi connectivity index (χ0n) is 24.0. The summed E-state index contributed by atoms with van der Waals surface area (Å²) in [6.45, 7) is 6.89. The molecular formula is C34H35N5O2S. The molecule has 2 saturated heterocycles. The standard InChI is InChI=1S/C34H35N5O2S/c1-3-39-33(41)31(42-34(39)36-27-15-17-28(18-16-27)37-19-7-4-8-20-37)21-25-22-38(30-10-6-5-9-29(25)30)23-32(40)35-26-13-11-24(2)12-14-26/h5-6,9-18,21-22H,3-4,7-8,19-20,23H2,1-2H3,(H,35,40)/b31-21-,36-34?. The number of nitrogens with one attached hydrogen (secondary N) is 1. The summed E-state index contributed by atoms with van der Waals surface area (Å²) >= 11 is 1.40. The lowest BCUT2D eigenvalue weighted by Gasteiger charge is -2.28. The normalized spacial score (nSPS) is 17.5. The number of piperidine rings is 1. The fraction of sp³-hybridized carbons (Fsp3) is 0.265. The van der Waals surface area contributed by atoms with Crippen molar-refractivity contribution in [2.75, 3.05) is 29.9 Å². The van der Waals surface area contributed by atoms with Crippen LogP contribution in [0.2, 0.25) is 0 Å². The molecule has 0 saturated carbocycles. The molecule has 0 aliphatic carbocycles. The van der Waals surface area contributed by atoms with Crippen LogP contribution in [0.4, 0.5) is 17.1 Å². The third-order valence-electron chi connectivity index (χ3n) is 7.76. The molecule has 0 spiro atoms. The number of rotatable bonds is 7. The monoisotopic (exact) mass is 577 g/mol. The van der Waals surface area contributed by atoms with Gasteiger partial charge in [-0.1, -0.05) is 35.9 Å². The average molecular weight is 578 g/mol. The summed E-state index contributed by atoms with van der Waals surface area (Å²) in [7, 11) is 0. The second kappa shape index (κ2) is 12.3. The van der Waals surface area contributed by atoms with Crippen LogP contribution in [0.1, 0.15) is 37.3 Å². The summed E-state index contributed by atoms with van der Waals surface area (Å²) < 4.78 is 1.94. The lowest BCUT2D eigenvalue weighted by atomic mass is 10.1. The Morgan fingerprint density at radius 3 is 2.45 bits per heavy atom. The Morgan fingerprint density at radius 1 is 0.976 bits per heavy atom. The van der Waals surface area contributed by atoms with E-state index in [0.717, 1.165) is 46.5 Å². The van der Waals surface area contributed by atoms with Gasteiger partial charge in [0.15, 0.2) is 5.17 Å². The van der Waals surface area contributed by atoms with Crippen LogP contribution in [0.25, 0.3) is 17.0 Å². The molecule has 0 radical (unpaired) electrons. The van der Waals surface area contributed by atoms with Crippen LogP contribution in [0.5, 0.6) is 0 Å². The van der Waals surface area contributed by atoms with E-state index < -0.39 is 0 Å². The number of aromatic nitrogens is 1. The van der Waals surface area contributed by atoms with E-state index in [0.29, 0.717) is 16.6 Å². The van der Waals surface area contributed by atoms with Gasteiger partial charge in [0.05, 0.1) is 10.6 Å². The van der Waals surface area contributed by atoms with Gasteiger partial charge in [-0.15, -0.1) is 0 Å².